The van der Waals surface area contributed by atoms with E-state index >= 15 is 0 Å². The van der Waals surface area contributed by atoms with Crippen LogP contribution in [0.1, 0.15) is 24.1 Å². The summed E-state index contributed by atoms with van der Waals surface area (Å²) in [6.07, 6.45) is 0. The summed E-state index contributed by atoms with van der Waals surface area (Å²) in [5.74, 6) is -0.268. The average Bonchev–Trinajstić information content (AvgIpc) is 2.54. The lowest BCUT2D eigenvalue weighted by Gasteiger charge is -2.52. The van der Waals surface area contributed by atoms with Gasteiger partial charge in [-0.15, -0.1) is 0 Å². The fraction of sp³-hybridized carbons (Fsp3) is 0.316. The van der Waals surface area contributed by atoms with E-state index in [4.69, 9.17) is 5.73 Å². The number of benzene rings is 2. The van der Waals surface area contributed by atoms with Gasteiger partial charge in [0.05, 0.1) is 6.04 Å². The second kappa shape index (κ2) is 6.52. The van der Waals surface area contributed by atoms with Crippen LogP contribution in [0.5, 0.6) is 0 Å². The molecule has 1 aliphatic rings. The number of primary amides is 1. The molecule has 1 amide bonds. The normalized spacial score (nSPS) is 17.0. The first-order chi connectivity index (χ1) is 11.2. The Hall–Kier alpha value is -2.17. The van der Waals surface area contributed by atoms with Crippen molar-refractivity contribution in [3.8, 4) is 0 Å². The van der Waals surface area contributed by atoms with Crippen molar-refractivity contribution < 1.29 is 4.79 Å². The number of amides is 1. The molecule has 2 aromatic rings. The zero-order valence-corrected chi connectivity index (χ0v) is 13.4. The molecule has 1 fully saturated rings. The van der Waals surface area contributed by atoms with Gasteiger partial charge in [0.25, 0.3) is 0 Å². The number of rotatable bonds is 6. The molecule has 3 N–H and O–H groups in total. The molecule has 4 nitrogen and oxygen atoms in total. The van der Waals surface area contributed by atoms with Crippen LogP contribution < -0.4 is 11.1 Å². The molecule has 0 aliphatic carbocycles. The van der Waals surface area contributed by atoms with E-state index < -0.39 is 5.54 Å². The van der Waals surface area contributed by atoms with E-state index in [2.05, 4.69) is 58.7 Å². The number of nitrogens with zero attached hydrogens (tertiary/aromatic N) is 1. The molecule has 4 heteroatoms. The molecule has 3 rings (SSSR count). The first-order valence-corrected chi connectivity index (χ1v) is 8.05. The largest absolute Gasteiger partial charge is 0.368 e. The summed E-state index contributed by atoms with van der Waals surface area (Å²) >= 11 is 0. The summed E-state index contributed by atoms with van der Waals surface area (Å²) in [5, 5.41) is 3.27. The molecular weight excluding hydrogens is 286 g/mol. The lowest BCUT2D eigenvalue weighted by atomic mass is 9.84. The van der Waals surface area contributed by atoms with Gasteiger partial charge in [0.2, 0.25) is 5.91 Å². The van der Waals surface area contributed by atoms with Crippen LogP contribution in [-0.2, 0) is 4.79 Å². The second-order valence-electron chi connectivity index (χ2n) is 6.11. The lowest BCUT2D eigenvalue weighted by molar-refractivity contribution is -0.132. The Morgan fingerprint density at radius 2 is 1.57 bits per heavy atom. The number of likely N-dealkylation sites (tertiary alicyclic amines) is 1. The summed E-state index contributed by atoms with van der Waals surface area (Å²) in [4.78, 5) is 14.2. The van der Waals surface area contributed by atoms with Crippen molar-refractivity contribution in [2.45, 2.75) is 18.5 Å². The maximum Gasteiger partial charge on any atom is 0.240 e. The fourth-order valence-corrected chi connectivity index (χ4v) is 3.41. The summed E-state index contributed by atoms with van der Waals surface area (Å²) in [6, 6.07) is 20.9. The van der Waals surface area contributed by atoms with Gasteiger partial charge < -0.3 is 11.1 Å². The molecule has 0 aromatic heterocycles. The van der Waals surface area contributed by atoms with Crippen LogP contribution in [-0.4, -0.2) is 36.0 Å². The molecule has 0 radical (unpaired) electrons. The Morgan fingerprint density at radius 1 is 1.09 bits per heavy atom. The number of nitrogens with one attached hydrogen (secondary N) is 1. The summed E-state index contributed by atoms with van der Waals surface area (Å²) < 4.78 is 0. The van der Waals surface area contributed by atoms with Gasteiger partial charge in [0, 0.05) is 13.1 Å². The van der Waals surface area contributed by atoms with Crippen molar-refractivity contribution in [3.05, 3.63) is 71.8 Å². The molecule has 1 aliphatic heterocycles. The van der Waals surface area contributed by atoms with E-state index in [0.717, 1.165) is 6.54 Å². The monoisotopic (exact) mass is 309 g/mol. The predicted molar refractivity (Wildman–Crippen MR) is 91.9 cm³/mol. The van der Waals surface area contributed by atoms with Crippen molar-refractivity contribution in [2.75, 3.05) is 19.6 Å². The minimum Gasteiger partial charge on any atom is -0.368 e. The van der Waals surface area contributed by atoms with Gasteiger partial charge in [0.15, 0.2) is 0 Å². The van der Waals surface area contributed by atoms with Crippen molar-refractivity contribution in [2.24, 2.45) is 5.73 Å². The third-order valence-corrected chi connectivity index (χ3v) is 4.53. The first-order valence-electron chi connectivity index (χ1n) is 8.05. The van der Waals surface area contributed by atoms with E-state index in [0.29, 0.717) is 13.1 Å². The van der Waals surface area contributed by atoms with E-state index in [9.17, 15) is 4.79 Å². The fourth-order valence-electron chi connectivity index (χ4n) is 3.41. The number of hydrogen-bond donors (Lipinski definition) is 2. The minimum atomic E-state index is -0.601. The Labute approximate surface area is 137 Å². The predicted octanol–water partition coefficient (Wildman–Crippen LogP) is 1.93. The van der Waals surface area contributed by atoms with Crippen molar-refractivity contribution in [3.63, 3.8) is 0 Å². The average molecular weight is 309 g/mol. The number of carbonyl (C=O) groups is 1. The lowest BCUT2D eigenvalue weighted by Crippen LogP contribution is -2.75. The van der Waals surface area contributed by atoms with Gasteiger partial charge >= 0.3 is 0 Å². The van der Waals surface area contributed by atoms with Gasteiger partial charge in [-0.25, -0.2) is 0 Å². The highest BCUT2D eigenvalue weighted by Gasteiger charge is 2.49. The smallest absolute Gasteiger partial charge is 0.240 e. The molecule has 2 aromatic carbocycles. The summed E-state index contributed by atoms with van der Waals surface area (Å²) in [7, 11) is 0. The highest BCUT2D eigenvalue weighted by Crippen LogP contribution is 2.35. The van der Waals surface area contributed by atoms with E-state index in [1.54, 1.807) is 0 Å². The van der Waals surface area contributed by atoms with Gasteiger partial charge in [-0.05, 0) is 17.7 Å². The number of nitrogens with two attached hydrogens (primary N) is 1. The highest BCUT2D eigenvalue weighted by molar-refractivity contribution is 5.86. The maximum absolute atomic E-state index is 11.9. The second-order valence-corrected chi connectivity index (χ2v) is 6.11. The van der Waals surface area contributed by atoms with Crippen molar-refractivity contribution in [1.29, 1.82) is 0 Å². The highest BCUT2D eigenvalue weighted by atomic mass is 16.1. The SMILES string of the molecule is CCNC1(C(N)=O)CN(C(c2ccccc2)c2ccccc2)C1. The van der Waals surface area contributed by atoms with Gasteiger partial charge in [-0.1, -0.05) is 67.6 Å². The summed E-state index contributed by atoms with van der Waals surface area (Å²) in [5.41, 5.74) is 7.49. The molecule has 120 valence electrons. The Bertz CT molecular complexity index is 611. The number of hydrogen-bond acceptors (Lipinski definition) is 3. The molecule has 1 heterocycles. The molecular formula is C19H23N3O. The van der Waals surface area contributed by atoms with Crippen LogP contribution in [0.15, 0.2) is 60.7 Å². The third kappa shape index (κ3) is 3.00. The zero-order chi connectivity index (χ0) is 16.3. The van der Waals surface area contributed by atoms with E-state index in [-0.39, 0.29) is 11.9 Å². The molecule has 0 saturated carbocycles. The molecule has 0 unspecified atom stereocenters. The third-order valence-electron chi connectivity index (χ3n) is 4.53. The summed E-state index contributed by atoms with van der Waals surface area (Å²) in [6.45, 7) is 3.99. The molecule has 0 atom stereocenters. The van der Waals surface area contributed by atoms with Crippen LogP contribution in [0, 0.1) is 0 Å². The zero-order valence-electron chi connectivity index (χ0n) is 13.4. The van der Waals surface area contributed by atoms with E-state index in [1.807, 2.05) is 19.1 Å². The van der Waals surface area contributed by atoms with Gasteiger partial charge in [-0.2, -0.15) is 0 Å². The van der Waals surface area contributed by atoms with E-state index in [1.165, 1.54) is 11.1 Å². The Balaban J connectivity index is 1.89. The van der Waals surface area contributed by atoms with Crippen LogP contribution in [0.2, 0.25) is 0 Å². The van der Waals surface area contributed by atoms with Crippen molar-refractivity contribution in [1.82, 2.24) is 10.2 Å². The molecule has 23 heavy (non-hydrogen) atoms. The minimum absolute atomic E-state index is 0.142. The van der Waals surface area contributed by atoms with Gasteiger partial charge in [-0.3, -0.25) is 9.69 Å². The molecule has 0 bridgehead atoms. The van der Waals surface area contributed by atoms with Crippen molar-refractivity contribution >= 4 is 5.91 Å². The van der Waals surface area contributed by atoms with Crippen LogP contribution in [0.25, 0.3) is 0 Å². The van der Waals surface area contributed by atoms with Gasteiger partial charge in [0.1, 0.15) is 5.54 Å². The standard InChI is InChI=1S/C19H23N3O/c1-2-21-19(18(20)23)13-22(14-19)17(15-9-5-3-6-10-15)16-11-7-4-8-12-16/h3-12,17,21H,2,13-14H2,1H3,(H2,20,23). The number of likely N-dealkylation sites (N-methyl/N-ethyl adjacent to an activating group) is 1. The molecule has 1 saturated heterocycles. The maximum atomic E-state index is 11.9. The van der Waals surface area contributed by atoms with Crippen LogP contribution in [0.4, 0.5) is 0 Å². The van der Waals surface area contributed by atoms with Crippen LogP contribution >= 0.6 is 0 Å². The first kappa shape index (κ1) is 15.7. The quantitative estimate of drug-likeness (QED) is 0.857. The molecule has 0 spiro atoms. The Kier molecular flexibility index (Phi) is 4.46. The van der Waals surface area contributed by atoms with Crippen LogP contribution in [0.3, 0.4) is 0 Å². The topological polar surface area (TPSA) is 58.4 Å². The number of carbonyl (C=O) groups excluding carboxylic acids is 1. The Morgan fingerprint density at radius 3 is 1.96 bits per heavy atom.